The van der Waals surface area contributed by atoms with Crippen molar-refractivity contribution in [2.24, 2.45) is 0 Å². The molecule has 4 N–H and O–H groups in total. The normalized spacial score (nSPS) is 10.7. The van der Waals surface area contributed by atoms with Gasteiger partial charge in [0, 0.05) is 0 Å². The van der Waals surface area contributed by atoms with Gasteiger partial charge in [0.1, 0.15) is 0 Å². The van der Waals surface area contributed by atoms with Crippen LogP contribution in [0, 0.1) is 0 Å². The van der Waals surface area contributed by atoms with Gasteiger partial charge in [-0.25, -0.2) is 9.13 Å². The molecule has 0 heterocycles. The highest BCUT2D eigenvalue weighted by molar-refractivity contribution is 7.46. The van der Waals surface area contributed by atoms with Crippen molar-refractivity contribution >= 4 is 16.0 Å². The third-order valence-corrected chi connectivity index (χ3v) is 0. The summed E-state index contributed by atoms with van der Waals surface area (Å²) >= 11 is 0. The third-order valence-electron chi connectivity index (χ3n) is 0. The molecule has 0 aliphatic rings. The Morgan fingerprint density at radius 2 is 0.818 bits per heavy atom. The van der Waals surface area contributed by atoms with Gasteiger partial charge in [0.05, 0.1) is 0 Å². The van der Waals surface area contributed by atoms with Crippen molar-refractivity contribution in [1.82, 2.24) is 0 Å². The summed E-state index contributed by atoms with van der Waals surface area (Å²) in [5.74, 6) is 0. The maximum atomic E-state index is 10.1. The predicted molar refractivity (Wildman–Crippen MR) is 27.7 cm³/mol. The van der Waals surface area contributed by atoms with Gasteiger partial charge in [-0.1, -0.05) is 0 Å². The minimum Gasteiger partial charge on any atom is -0.412 e. The van der Waals surface area contributed by atoms with Crippen LogP contribution in [0.1, 0.15) is 0 Å². The van der Waals surface area contributed by atoms with Crippen molar-refractivity contribution in [3.63, 3.8) is 0 Å². The van der Waals surface area contributed by atoms with Crippen LogP contribution in [-0.4, -0.2) is 15.3 Å². The topological polar surface area (TPSA) is 106 Å². The lowest BCUT2D eigenvalue weighted by Gasteiger charge is -1.73. The molecule has 0 bridgehead atoms. The van der Waals surface area contributed by atoms with Gasteiger partial charge >= 0.3 is 16.0 Å². The van der Waals surface area contributed by atoms with Crippen LogP contribution in [-0.2, 0) is 9.13 Å². The summed E-state index contributed by atoms with van der Waals surface area (Å²) in [4.78, 5) is 13.5. The summed E-state index contributed by atoms with van der Waals surface area (Å²) in [6.07, 6.45) is 0. The van der Waals surface area contributed by atoms with E-state index >= 15 is 0 Å². The number of hydrogen-bond donors (Lipinski definition) is 2. The molecule has 0 aromatic rings. The fraction of sp³-hybridized carbons (Fsp3) is 0. The Labute approximate surface area is 58.4 Å². The zero-order valence-corrected chi connectivity index (χ0v) is 6.41. The Kier molecular flexibility index (Phi) is 8.89. The van der Waals surface area contributed by atoms with Gasteiger partial charge in [0.15, 0.2) is 0 Å². The fourth-order valence-corrected chi connectivity index (χ4v) is 0. The molecule has 0 radical (unpaired) electrons. The second-order valence-corrected chi connectivity index (χ2v) is 2.61. The average Bonchev–Trinajstić information content (AvgIpc) is 1.12. The summed E-state index contributed by atoms with van der Waals surface area (Å²) in [5, 5.41) is 0. The Hall–Kier alpha value is 0.0600. The molecule has 0 aliphatic heterocycles. The summed E-state index contributed by atoms with van der Waals surface area (Å²) < 4.78 is 57.4. The summed E-state index contributed by atoms with van der Waals surface area (Å²) in [5.41, 5.74) is 0. The molecule has 0 saturated carbocycles. The standard InChI is InChI=1S/2F2HO2P.H2O/c2*1-5(2,3)4;/h2*(H,3,4);1H2. The van der Waals surface area contributed by atoms with E-state index in [0.29, 0.717) is 0 Å². The molecule has 0 rings (SSSR count). The van der Waals surface area contributed by atoms with E-state index in [1.54, 1.807) is 0 Å². The first kappa shape index (κ1) is 17.2. The zero-order valence-electron chi connectivity index (χ0n) is 4.62. The molecule has 0 aliphatic carbocycles. The molecule has 0 atom stereocenters. The van der Waals surface area contributed by atoms with Crippen LogP contribution in [0.3, 0.4) is 0 Å². The first-order chi connectivity index (χ1) is 4.00. The van der Waals surface area contributed by atoms with Gasteiger partial charge in [-0.15, -0.1) is 16.8 Å². The van der Waals surface area contributed by atoms with Crippen molar-refractivity contribution in [1.29, 1.82) is 0 Å². The Morgan fingerprint density at radius 3 is 0.818 bits per heavy atom. The number of hydrogen-bond acceptors (Lipinski definition) is 2. The van der Waals surface area contributed by atoms with Gasteiger partial charge in [0.2, 0.25) is 0 Å². The van der Waals surface area contributed by atoms with Crippen molar-refractivity contribution < 1.29 is 41.2 Å². The first-order valence-electron chi connectivity index (χ1n) is 1.44. The molecule has 0 amide bonds. The number of rotatable bonds is 0. The van der Waals surface area contributed by atoms with E-state index in [0.717, 1.165) is 0 Å². The number of halogens is 4. The largest absolute Gasteiger partial charge is 0.549 e. The van der Waals surface area contributed by atoms with Crippen LogP contribution in [0.4, 0.5) is 16.8 Å². The zero-order chi connectivity index (χ0) is 9.00. The lowest BCUT2D eigenvalue weighted by Crippen LogP contribution is -1.45. The van der Waals surface area contributed by atoms with Crippen molar-refractivity contribution in [3.8, 4) is 0 Å². The molecule has 11 heteroatoms. The van der Waals surface area contributed by atoms with Crippen LogP contribution in [0.2, 0.25) is 0 Å². The Bertz CT molecular complexity index is 129. The van der Waals surface area contributed by atoms with E-state index in [1.807, 2.05) is 0 Å². The van der Waals surface area contributed by atoms with Gasteiger partial charge in [0.25, 0.3) is 0 Å². The molecule has 5 nitrogen and oxygen atoms in total. The smallest absolute Gasteiger partial charge is 0.412 e. The van der Waals surface area contributed by atoms with Gasteiger partial charge < -0.3 is 5.48 Å². The van der Waals surface area contributed by atoms with Gasteiger partial charge in [-0.2, -0.15) is 0 Å². The first-order valence-corrected chi connectivity index (χ1v) is 4.32. The lowest BCUT2D eigenvalue weighted by molar-refractivity contribution is 0.374. The van der Waals surface area contributed by atoms with Crippen LogP contribution in [0.5, 0.6) is 0 Å². The molecule has 0 aromatic carbocycles. The minimum atomic E-state index is -5.64. The van der Waals surface area contributed by atoms with Crippen molar-refractivity contribution in [3.05, 3.63) is 0 Å². The molecule has 0 saturated heterocycles. The molecule has 72 valence electrons. The quantitative estimate of drug-likeness (QED) is 0.474. The maximum absolute atomic E-state index is 10.1. The second-order valence-electron chi connectivity index (χ2n) is 0.869. The fourth-order valence-electron chi connectivity index (χ4n) is 0. The summed E-state index contributed by atoms with van der Waals surface area (Å²) in [6, 6.07) is 0. The molecule has 0 aromatic heterocycles. The lowest BCUT2D eigenvalue weighted by atomic mass is 15.9. The van der Waals surface area contributed by atoms with E-state index in [4.69, 9.17) is 18.9 Å². The van der Waals surface area contributed by atoms with E-state index in [9.17, 15) is 16.8 Å². The van der Waals surface area contributed by atoms with Crippen molar-refractivity contribution in [2.75, 3.05) is 0 Å². The van der Waals surface area contributed by atoms with Crippen LogP contribution < -0.4 is 0 Å². The van der Waals surface area contributed by atoms with Gasteiger partial charge in [-0.05, 0) is 0 Å². The maximum Gasteiger partial charge on any atom is 0.549 e. The SMILES string of the molecule is O.O=P(O)(F)F.O=P(O)(F)F. The van der Waals surface area contributed by atoms with E-state index in [1.165, 1.54) is 0 Å². The van der Waals surface area contributed by atoms with Crippen LogP contribution in [0.25, 0.3) is 0 Å². The Balaban J connectivity index is -0.000000107. The van der Waals surface area contributed by atoms with Crippen molar-refractivity contribution in [2.45, 2.75) is 0 Å². The monoisotopic (exact) mass is 222 g/mol. The Morgan fingerprint density at radius 1 is 0.818 bits per heavy atom. The predicted octanol–water partition coefficient (Wildman–Crippen LogP) is 1.23. The summed E-state index contributed by atoms with van der Waals surface area (Å²) in [6.45, 7) is 0. The highest BCUT2D eigenvalue weighted by atomic mass is 31.2. The van der Waals surface area contributed by atoms with E-state index < -0.39 is 16.0 Å². The van der Waals surface area contributed by atoms with Gasteiger partial charge in [-0.3, -0.25) is 9.79 Å². The summed E-state index contributed by atoms with van der Waals surface area (Å²) in [7, 11) is -11.3. The minimum absolute atomic E-state index is 0. The molecule has 0 fully saturated rings. The molecule has 0 spiro atoms. The average molecular weight is 222 g/mol. The third kappa shape index (κ3) is 182000. The molecular weight excluding hydrogens is 218 g/mol. The van der Waals surface area contributed by atoms with Crippen LogP contribution in [0.15, 0.2) is 0 Å². The second kappa shape index (κ2) is 5.68. The highest BCUT2D eigenvalue weighted by Gasteiger charge is 2.09. The van der Waals surface area contributed by atoms with E-state index in [2.05, 4.69) is 0 Å². The van der Waals surface area contributed by atoms with E-state index in [-0.39, 0.29) is 5.48 Å². The highest BCUT2D eigenvalue weighted by Crippen LogP contribution is 2.43. The van der Waals surface area contributed by atoms with Crippen LogP contribution >= 0.6 is 16.0 Å². The molecule has 0 unspecified atom stereocenters. The molecular formula is H4F4O5P2. The molecule has 11 heavy (non-hydrogen) atoms.